The van der Waals surface area contributed by atoms with E-state index in [4.69, 9.17) is 4.74 Å². The fraction of sp³-hybridized carbons (Fsp3) is 0.136. The molecule has 3 aromatic rings. The van der Waals surface area contributed by atoms with Gasteiger partial charge in [0.1, 0.15) is 16.7 Å². The molecule has 0 saturated heterocycles. The molecule has 0 radical (unpaired) electrons. The number of para-hydroxylation sites is 1. The van der Waals surface area contributed by atoms with Gasteiger partial charge >= 0.3 is 5.97 Å². The van der Waals surface area contributed by atoms with E-state index >= 15 is 0 Å². The summed E-state index contributed by atoms with van der Waals surface area (Å²) in [5.41, 5.74) is 2.13. The Kier molecular flexibility index (Phi) is 5.97. The molecule has 1 N–H and O–H groups in total. The van der Waals surface area contributed by atoms with Crippen LogP contribution in [0.3, 0.4) is 0 Å². The second-order valence-electron chi connectivity index (χ2n) is 6.02. The van der Waals surface area contributed by atoms with Gasteiger partial charge in [-0.3, -0.25) is 4.79 Å². The second kappa shape index (κ2) is 8.59. The standard InChI is InChI=1S/C22H20O3S/c1-16-7-13-20(14-8-16)26-21(22(23)24)15-17-9-11-19(12-10-17)25-18-5-3-2-4-6-18/h2-14,21H,15H2,1H3,(H,23,24)/t21-/m1/s1. The third-order valence-electron chi connectivity index (χ3n) is 3.90. The van der Waals surface area contributed by atoms with Crippen molar-refractivity contribution in [3.63, 3.8) is 0 Å². The Balaban J connectivity index is 1.65. The summed E-state index contributed by atoms with van der Waals surface area (Å²) in [6.45, 7) is 2.02. The van der Waals surface area contributed by atoms with Crippen LogP contribution in [0.4, 0.5) is 0 Å². The largest absolute Gasteiger partial charge is 0.480 e. The molecule has 3 nitrogen and oxygen atoms in total. The van der Waals surface area contributed by atoms with Gasteiger partial charge in [0, 0.05) is 4.90 Å². The molecule has 0 unspecified atom stereocenters. The molecule has 3 aromatic carbocycles. The maximum Gasteiger partial charge on any atom is 0.317 e. The molecule has 0 saturated carbocycles. The zero-order valence-corrected chi connectivity index (χ0v) is 15.3. The zero-order chi connectivity index (χ0) is 18.4. The highest BCUT2D eigenvalue weighted by atomic mass is 32.2. The summed E-state index contributed by atoms with van der Waals surface area (Å²) < 4.78 is 5.77. The van der Waals surface area contributed by atoms with Crippen molar-refractivity contribution < 1.29 is 14.6 Å². The average Bonchev–Trinajstić information content (AvgIpc) is 2.65. The number of carbonyl (C=O) groups is 1. The van der Waals surface area contributed by atoms with Gasteiger partial charge in [0.25, 0.3) is 0 Å². The van der Waals surface area contributed by atoms with Gasteiger partial charge in [-0.2, -0.15) is 0 Å². The second-order valence-corrected chi connectivity index (χ2v) is 7.30. The Morgan fingerprint density at radius 3 is 2.15 bits per heavy atom. The van der Waals surface area contributed by atoms with Gasteiger partial charge in [0.05, 0.1) is 0 Å². The molecule has 0 aliphatic rings. The fourth-order valence-corrected chi connectivity index (χ4v) is 3.49. The minimum atomic E-state index is -0.805. The van der Waals surface area contributed by atoms with Crippen molar-refractivity contribution in [1.82, 2.24) is 0 Å². The van der Waals surface area contributed by atoms with Crippen LogP contribution in [0, 0.1) is 6.92 Å². The van der Waals surface area contributed by atoms with Crippen molar-refractivity contribution >= 4 is 17.7 Å². The summed E-state index contributed by atoms with van der Waals surface area (Å²) in [5, 5.41) is 9.03. The van der Waals surface area contributed by atoms with Crippen LogP contribution < -0.4 is 4.74 Å². The topological polar surface area (TPSA) is 46.5 Å². The van der Waals surface area contributed by atoms with Crippen LogP contribution in [0.25, 0.3) is 0 Å². The van der Waals surface area contributed by atoms with E-state index in [0.717, 1.165) is 27.5 Å². The Labute approximate surface area is 157 Å². The Morgan fingerprint density at radius 2 is 1.54 bits per heavy atom. The maximum absolute atomic E-state index is 11.6. The molecule has 0 aliphatic carbocycles. The van der Waals surface area contributed by atoms with Crippen LogP contribution in [0.15, 0.2) is 83.8 Å². The summed E-state index contributed by atoms with van der Waals surface area (Å²) in [6.07, 6.45) is 0.458. The highest BCUT2D eigenvalue weighted by Gasteiger charge is 2.19. The Morgan fingerprint density at radius 1 is 0.923 bits per heavy atom. The molecule has 1 atom stereocenters. The van der Waals surface area contributed by atoms with Crippen LogP contribution >= 0.6 is 11.8 Å². The van der Waals surface area contributed by atoms with E-state index in [1.54, 1.807) is 0 Å². The van der Waals surface area contributed by atoms with Crippen LogP contribution in [0.2, 0.25) is 0 Å². The van der Waals surface area contributed by atoms with Gasteiger partial charge in [-0.25, -0.2) is 0 Å². The number of aryl methyl sites for hydroxylation is 1. The third-order valence-corrected chi connectivity index (χ3v) is 5.10. The number of hydrogen-bond donors (Lipinski definition) is 1. The molecule has 4 heteroatoms. The van der Waals surface area contributed by atoms with Gasteiger partial charge in [0.15, 0.2) is 0 Å². The van der Waals surface area contributed by atoms with Gasteiger partial charge in [-0.15, -0.1) is 11.8 Å². The molecular formula is C22H20O3S. The minimum absolute atomic E-state index is 0.458. The monoisotopic (exact) mass is 364 g/mol. The van der Waals surface area contributed by atoms with E-state index in [1.807, 2.05) is 85.8 Å². The number of carboxylic acids is 1. The lowest BCUT2D eigenvalue weighted by Crippen LogP contribution is -2.19. The Bertz CT molecular complexity index is 843. The predicted molar refractivity (Wildman–Crippen MR) is 105 cm³/mol. The van der Waals surface area contributed by atoms with Crippen molar-refractivity contribution in [2.75, 3.05) is 0 Å². The van der Waals surface area contributed by atoms with E-state index in [1.165, 1.54) is 11.8 Å². The molecule has 0 spiro atoms. The van der Waals surface area contributed by atoms with Crippen molar-refractivity contribution in [3.05, 3.63) is 90.0 Å². The first kappa shape index (κ1) is 18.1. The van der Waals surface area contributed by atoms with Gasteiger partial charge in [-0.05, 0) is 55.3 Å². The van der Waals surface area contributed by atoms with Crippen LogP contribution in [-0.2, 0) is 11.2 Å². The van der Waals surface area contributed by atoms with Crippen molar-refractivity contribution in [2.45, 2.75) is 23.5 Å². The highest BCUT2D eigenvalue weighted by molar-refractivity contribution is 8.00. The van der Waals surface area contributed by atoms with Crippen LogP contribution in [0.5, 0.6) is 11.5 Å². The van der Waals surface area contributed by atoms with E-state index in [9.17, 15) is 9.90 Å². The van der Waals surface area contributed by atoms with E-state index in [0.29, 0.717) is 6.42 Å². The van der Waals surface area contributed by atoms with Gasteiger partial charge in [0.2, 0.25) is 0 Å². The Hall–Kier alpha value is -2.72. The van der Waals surface area contributed by atoms with E-state index in [-0.39, 0.29) is 0 Å². The molecule has 132 valence electrons. The molecule has 0 amide bonds. The molecular weight excluding hydrogens is 344 g/mol. The van der Waals surface area contributed by atoms with E-state index < -0.39 is 11.2 Å². The summed E-state index contributed by atoms with van der Waals surface area (Å²) in [5.74, 6) is 0.705. The number of ether oxygens (including phenoxy) is 1. The number of benzene rings is 3. The molecule has 0 bridgehead atoms. The number of hydrogen-bond acceptors (Lipinski definition) is 3. The van der Waals surface area contributed by atoms with Gasteiger partial charge < -0.3 is 9.84 Å². The van der Waals surface area contributed by atoms with E-state index in [2.05, 4.69) is 0 Å². The molecule has 3 rings (SSSR count). The third kappa shape index (κ3) is 5.14. The number of rotatable bonds is 7. The van der Waals surface area contributed by atoms with Crippen molar-refractivity contribution in [3.8, 4) is 11.5 Å². The predicted octanol–water partition coefficient (Wildman–Crippen LogP) is 5.58. The first-order valence-electron chi connectivity index (χ1n) is 8.38. The fourth-order valence-electron chi connectivity index (χ4n) is 2.49. The zero-order valence-electron chi connectivity index (χ0n) is 14.5. The first-order valence-corrected chi connectivity index (χ1v) is 9.26. The summed E-state index contributed by atoms with van der Waals surface area (Å²) >= 11 is 1.38. The molecule has 0 fully saturated rings. The normalized spacial score (nSPS) is 11.7. The van der Waals surface area contributed by atoms with Crippen LogP contribution in [0.1, 0.15) is 11.1 Å². The van der Waals surface area contributed by atoms with Crippen molar-refractivity contribution in [2.24, 2.45) is 0 Å². The molecule has 26 heavy (non-hydrogen) atoms. The number of thioether (sulfide) groups is 1. The number of aliphatic carboxylic acids is 1. The van der Waals surface area contributed by atoms with Crippen molar-refractivity contribution in [1.29, 1.82) is 0 Å². The summed E-state index contributed by atoms with van der Waals surface area (Å²) in [7, 11) is 0. The lowest BCUT2D eigenvalue weighted by Gasteiger charge is -2.13. The van der Waals surface area contributed by atoms with Crippen LogP contribution in [-0.4, -0.2) is 16.3 Å². The van der Waals surface area contributed by atoms with Gasteiger partial charge in [-0.1, -0.05) is 48.0 Å². The summed E-state index contributed by atoms with van der Waals surface area (Å²) in [4.78, 5) is 12.6. The number of carboxylic acid groups (broad SMARTS) is 1. The lowest BCUT2D eigenvalue weighted by molar-refractivity contribution is -0.136. The SMILES string of the molecule is Cc1ccc(S[C@H](Cc2ccc(Oc3ccccc3)cc2)C(=O)O)cc1. The smallest absolute Gasteiger partial charge is 0.317 e. The lowest BCUT2D eigenvalue weighted by atomic mass is 10.1. The molecule has 0 aliphatic heterocycles. The first-order chi connectivity index (χ1) is 12.6. The minimum Gasteiger partial charge on any atom is -0.480 e. The quantitative estimate of drug-likeness (QED) is 0.556. The average molecular weight is 364 g/mol. The molecule has 0 heterocycles. The summed E-state index contributed by atoms with van der Waals surface area (Å²) in [6, 6.07) is 25.1. The molecule has 0 aromatic heterocycles. The highest BCUT2D eigenvalue weighted by Crippen LogP contribution is 2.28. The maximum atomic E-state index is 11.6.